The van der Waals surface area contributed by atoms with Gasteiger partial charge >= 0.3 is 17.9 Å². The van der Waals surface area contributed by atoms with Crippen molar-refractivity contribution in [3.8, 4) is 11.8 Å². The number of carbonyl (C=O) groups is 3. The lowest BCUT2D eigenvalue weighted by Crippen LogP contribution is -2.18. The van der Waals surface area contributed by atoms with Crippen LogP contribution in [-0.2, 0) is 14.2 Å². The number of hydrogen-bond acceptors (Lipinski definition) is 8. The highest BCUT2D eigenvalue weighted by Gasteiger charge is 2.28. The highest BCUT2D eigenvalue weighted by molar-refractivity contribution is 6.06. The van der Waals surface area contributed by atoms with Gasteiger partial charge in [0, 0.05) is 6.20 Å². The fraction of sp³-hybridized carbons (Fsp3) is 0.176. The van der Waals surface area contributed by atoms with E-state index in [2.05, 4.69) is 4.74 Å². The van der Waals surface area contributed by atoms with Crippen molar-refractivity contribution < 1.29 is 28.6 Å². The predicted molar refractivity (Wildman–Crippen MR) is 88.9 cm³/mol. The first-order valence-electron chi connectivity index (χ1n) is 7.20. The number of rotatable bonds is 4. The van der Waals surface area contributed by atoms with Gasteiger partial charge < -0.3 is 24.5 Å². The summed E-state index contributed by atoms with van der Waals surface area (Å²) in [6.45, 7) is 0. The van der Waals surface area contributed by atoms with E-state index in [-0.39, 0.29) is 33.8 Å². The molecule has 1 heterocycles. The molecule has 0 saturated carbocycles. The van der Waals surface area contributed by atoms with E-state index >= 15 is 0 Å². The second-order valence-corrected chi connectivity index (χ2v) is 4.96. The van der Waals surface area contributed by atoms with Crippen LogP contribution >= 0.6 is 0 Å². The Balaban J connectivity index is 2.90. The molecule has 0 aliphatic heterocycles. The topological polar surface area (TPSA) is 134 Å². The third kappa shape index (κ3) is 2.95. The summed E-state index contributed by atoms with van der Waals surface area (Å²) in [7, 11) is 3.46. The highest BCUT2D eigenvalue weighted by atomic mass is 16.5. The molecule has 0 spiro atoms. The molecular weight excluding hydrogens is 342 g/mol. The Bertz CT molecular complexity index is 939. The summed E-state index contributed by atoms with van der Waals surface area (Å²) in [5, 5.41) is 9.20. The molecule has 9 nitrogen and oxygen atoms in total. The van der Waals surface area contributed by atoms with Crippen LogP contribution in [0.25, 0.3) is 5.69 Å². The molecule has 26 heavy (non-hydrogen) atoms. The van der Waals surface area contributed by atoms with Gasteiger partial charge in [0.15, 0.2) is 5.69 Å². The van der Waals surface area contributed by atoms with Crippen LogP contribution in [0.4, 0.5) is 5.69 Å². The van der Waals surface area contributed by atoms with Gasteiger partial charge in [-0.15, -0.1) is 0 Å². The van der Waals surface area contributed by atoms with E-state index < -0.39 is 17.9 Å². The molecule has 0 aliphatic rings. The van der Waals surface area contributed by atoms with Gasteiger partial charge in [-0.2, -0.15) is 5.26 Å². The number of hydrogen-bond donors (Lipinski definition) is 1. The Labute approximate surface area is 148 Å². The van der Waals surface area contributed by atoms with Crippen LogP contribution in [0.5, 0.6) is 0 Å². The third-order valence-corrected chi connectivity index (χ3v) is 3.64. The zero-order valence-corrected chi connectivity index (χ0v) is 14.2. The third-order valence-electron chi connectivity index (χ3n) is 3.64. The Morgan fingerprint density at radius 1 is 1.04 bits per heavy atom. The number of nitrogen functional groups attached to an aromatic ring is 1. The largest absolute Gasteiger partial charge is 0.465 e. The van der Waals surface area contributed by atoms with E-state index in [0.717, 1.165) is 21.3 Å². The van der Waals surface area contributed by atoms with Gasteiger partial charge in [-0.25, -0.2) is 14.4 Å². The number of carbonyl (C=O) groups excluding carboxylic acids is 3. The van der Waals surface area contributed by atoms with Crippen LogP contribution in [0.3, 0.4) is 0 Å². The molecule has 1 aromatic heterocycles. The first kappa shape index (κ1) is 18.5. The molecule has 0 aliphatic carbocycles. The second-order valence-electron chi connectivity index (χ2n) is 4.96. The van der Waals surface area contributed by atoms with E-state index in [1.54, 1.807) is 0 Å². The minimum atomic E-state index is -0.831. The summed E-state index contributed by atoms with van der Waals surface area (Å²) in [5.74, 6) is -2.42. The number of ether oxygens (including phenoxy) is 3. The van der Waals surface area contributed by atoms with Crippen molar-refractivity contribution in [1.82, 2.24) is 4.57 Å². The van der Waals surface area contributed by atoms with Crippen LogP contribution in [-0.4, -0.2) is 43.8 Å². The van der Waals surface area contributed by atoms with Crippen molar-refractivity contribution in [1.29, 1.82) is 5.26 Å². The minimum absolute atomic E-state index is 0.00434. The fourth-order valence-corrected chi connectivity index (χ4v) is 2.44. The minimum Gasteiger partial charge on any atom is -0.465 e. The van der Waals surface area contributed by atoms with Crippen LogP contribution in [0.1, 0.15) is 36.8 Å². The van der Waals surface area contributed by atoms with Crippen molar-refractivity contribution in [3.63, 3.8) is 0 Å². The quantitative estimate of drug-likeness (QED) is 0.639. The highest BCUT2D eigenvalue weighted by Crippen LogP contribution is 2.28. The normalized spacial score (nSPS) is 9.92. The molecule has 0 unspecified atom stereocenters. The van der Waals surface area contributed by atoms with Crippen molar-refractivity contribution in [2.24, 2.45) is 0 Å². The summed E-state index contributed by atoms with van der Waals surface area (Å²) < 4.78 is 15.4. The van der Waals surface area contributed by atoms with Crippen LogP contribution < -0.4 is 5.73 Å². The van der Waals surface area contributed by atoms with Crippen molar-refractivity contribution in [2.75, 3.05) is 27.1 Å². The van der Waals surface area contributed by atoms with Gasteiger partial charge in [0.25, 0.3) is 0 Å². The van der Waals surface area contributed by atoms with E-state index in [1.165, 1.54) is 29.0 Å². The van der Waals surface area contributed by atoms with E-state index in [1.807, 2.05) is 6.07 Å². The van der Waals surface area contributed by atoms with Crippen LogP contribution in [0.2, 0.25) is 0 Å². The first-order chi connectivity index (χ1) is 12.4. The standard InChI is InChI=1S/C17H15N3O6/c1-24-15(21)10-5-4-6-11(12(10)16(22)25-2)20-8-9(7-18)13(19)14(20)17(23)26-3/h4-6,8H,19H2,1-3H3. The van der Waals surface area contributed by atoms with Crippen molar-refractivity contribution >= 4 is 23.6 Å². The number of nitrogens with two attached hydrogens (primary N) is 1. The predicted octanol–water partition coefficient (Wildman–Crippen LogP) is 1.29. The lowest BCUT2D eigenvalue weighted by molar-refractivity contribution is 0.0554. The zero-order chi connectivity index (χ0) is 19.4. The molecule has 0 fully saturated rings. The Hall–Kier alpha value is -3.80. The number of nitrogens with zero attached hydrogens (tertiary/aromatic N) is 2. The summed E-state index contributed by atoms with van der Waals surface area (Å²) in [6, 6.07) is 6.17. The molecule has 2 rings (SSSR count). The summed E-state index contributed by atoms with van der Waals surface area (Å²) in [4.78, 5) is 36.5. The molecule has 0 amide bonds. The average molecular weight is 357 g/mol. The van der Waals surface area contributed by atoms with Gasteiger partial charge in [0.1, 0.15) is 6.07 Å². The maximum absolute atomic E-state index is 12.3. The number of anilines is 1. The maximum atomic E-state index is 12.3. The molecular formula is C17H15N3O6. The molecule has 0 bridgehead atoms. The van der Waals surface area contributed by atoms with E-state index in [0.29, 0.717) is 0 Å². The maximum Gasteiger partial charge on any atom is 0.357 e. The lowest BCUT2D eigenvalue weighted by Gasteiger charge is -2.14. The number of benzene rings is 1. The summed E-state index contributed by atoms with van der Waals surface area (Å²) >= 11 is 0. The zero-order valence-electron chi connectivity index (χ0n) is 14.2. The number of esters is 3. The van der Waals surface area contributed by atoms with Crippen molar-refractivity contribution in [2.45, 2.75) is 0 Å². The molecule has 2 N–H and O–H groups in total. The number of methoxy groups -OCH3 is 3. The fourth-order valence-electron chi connectivity index (χ4n) is 2.44. The van der Waals surface area contributed by atoms with Gasteiger partial charge in [0.2, 0.25) is 0 Å². The average Bonchev–Trinajstić information content (AvgIpc) is 3.01. The second kappa shape index (κ2) is 7.40. The smallest absolute Gasteiger partial charge is 0.357 e. The Morgan fingerprint density at radius 3 is 2.19 bits per heavy atom. The number of aromatic nitrogens is 1. The van der Waals surface area contributed by atoms with E-state index in [9.17, 15) is 19.6 Å². The first-order valence-corrected chi connectivity index (χ1v) is 7.20. The molecule has 9 heteroatoms. The SMILES string of the molecule is COC(=O)c1cccc(-n2cc(C#N)c(N)c2C(=O)OC)c1C(=O)OC. The summed E-state index contributed by atoms with van der Waals surface area (Å²) in [6.07, 6.45) is 1.27. The van der Waals surface area contributed by atoms with Crippen LogP contribution in [0.15, 0.2) is 24.4 Å². The van der Waals surface area contributed by atoms with Gasteiger partial charge in [-0.3, -0.25) is 0 Å². The molecule has 134 valence electrons. The lowest BCUT2D eigenvalue weighted by atomic mass is 10.0. The van der Waals surface area contributed by atoms with Gasteiger partial charge in [-0.05, 0) is 12.1 Å². The van der Waals surface area contributed by atoms with Crippen LogP contribution in [0, 0.1) is 11.3 Å². The van der Waals surface area contributed by atoms with E-state index in [4.69, 9.17) is 15.2 Å². The van der Waals surface area contributed by atoms with Crippen molar-refractivity contribution in [3.05, 3.63) is 46.8 Å². The molecule has 0 atom stereocenters. The monoisotopic (exact) mass is 357 g/mol. The Morgan fingerprint density at radius 2 is 1.65 bits per heavy atom. The Kier molecular flexibility index (Phi) is 5.27. The molecule has 1 aromatic carbocycles. The van der Waals surface area contributed by atoms with Gasteiger partial charge in [0.05, 0.1) is 49.4 Å². The molecule has 0 radical (unpaired) electrons. The molecule has 2 aromatic rings. The molecule has 0 saturated heterocycles. The van der Waals surface area contributed by atoms with Gasteiger partial charge in [-0.1, -0.05) is 6.07 Å². The summed E-state index contributed by atoms with van der Waals surface area (Å²) in [5.41, 5.74) is 5.48. The number of nitriles is 1.